The molecule has 23 heavy (non-hydrogen) atoms. The summed E-state index contributed by atoms with van der Waals surface area (Å²) in [6.45, 7) is 0. The van der Waals surface area contributed by atoms with Gasteiger partial charge in [0.1, 0.15) is 0 Å². The summed E-state index contributed by atoms with van der Waals surface area (Å²) in [5, 5.41) is 18.5. The second-order valence-corrected chi connectivity index (χ2v) is 7.01. The van der Waals surface area contributed by atoms with E-state index in [9.17, 15) is 19.8 Å². The monoisotopic (exact) mass is 348 g/mol. The summed E-state index contributed by atoms with van der Waals surface area (Å²) in [6, 6.07) is 13.3. The summed E-state index contributed by atoms with van der Waals surface area (Å²) < 4.78 is -0.986. The third-order valence-corrected chi connectivity index (χ3v) is 4.51. The standard InChI is InChI=1S/C17H16O4S2/c18-15(19)12-6-2-1-5-11(12)9-10-17(22,23)14-8-4-3-7-13(14)16(20)21/h1-8,22-23H,9-10H2,(H,18,19)(H,20,21). The summed E-state index contributed by atoms with van der Waals surface area (Å²) in [7, 11) is 0. The zero-order valence-electron chi connectivity index (χ0n) is 12.1. The largest absolute Gasteiger partial charge is 0.478 e. The second-order valence-electron chi connectivity index (χ2n) is 5.13. The van der Waals surface area contributed by atoms with E-state index in [0.717, 1.165) is 0 Å². The van der Waals surface area contributed by atoms with Crippen molar-refractivity contribution < 1.29 is 19.8 Å². The summed E-state index contributed by atoms with van der Waals surface area (Å²) in [4.78, 5) is 22.6. The summed E-state index contributed by atoms with van der Waals surface area (Å²) in [5.74, 6) is -2.03. The third kappa shape index (κ3) is 4.09. The first-order valence-electron chi connectivity index (χ1n) is 6.91. The van der Waals surface area contributed by atoms with Gasteiger partial charge >= 0.3 is 11.9 Å². The zero-order chi connectivity index (χ0) is 17.0. The number of aromatic carboxylic acids is 2. The molecule has 0 saturated heterocycles. The molecule has 0 aliphatic heterocycles. The zero-order valence-corrected chi connectivity index (χ0v) is 13.9. The Bertz CT molecular complexity index is 741. The van der Waals surface area contributed by atoms with Crippen LogP contribution in [0.15, 0.2) is 48.5 Å². The Morgan fingerprint density at radius 1 is 0.870 bits per heavy atom. The van der Waals surface area contributed by atoms with Crippen molar-refractivity contribution in [2.24, 2.45) is 0 Å². The second kappa shape index (κ2) is 7.10. The number of hydrogen-bond donors (Lipinski definition) is 4. The Kier molecular flexibility index (Phi) is 5.38. The molecule has 6 heteroatoms. The first-order chi connectivity index (χ1) is 10.8. The molecule has 0 bridgehead atoms. The maximum Gasteiger partial charge on any atom is 0.336 e. The Hall–Kier alpha value is -1.92. The molecular weight excluding hydrogens is 332 g/mol. The van der Waals surface area contributed by atoms with Crippen LogP contribution in [0.25, 0.3) is 0 Å². The van der Waals surface area contributed by atoms with Gasteiger partial charge in [-0.3, -0.25) is 0 Å². The molecule has 120 valence electrons. The van der Waals surface area contributed by atoms with Crippen LogP contribution in [0.4, 0.5) is 0 Å². The van der Waals surface area contributed by atoms with Crippen molar-refractivity contribution >= 4 is 37.2 Å². The van der Waals surface area contributed by atoms with Crippen molar-refractivity contribution in [3.05, 3.63) is 70.8 Å². The van der Waals surface area contributed by atoms with Crippen LogP contribution in [0.3, 0.4) is 0 Å². The van der Waals surface area contributed by atoms with Gasteiger partial charge in [0.05, 0.1) is 15.2 Å². The van der Waals surface area contributed by atoms with Crippen molar-refractivity contribution in [3.8, 4) is 0 Å². The van der Waals surface area contributed by atoms with Crippen LogP contribution in [0.2, 0.25) is 0 Å². The summed E-state index contributed by atoms with van der Waals surface area (Å²) >= 11 is 9.02. The van der Waals surface area contributed by atoms with Gasteiger partial charge in [-0.15, -0.1) is 0 Å². The van der Waals surface area contributed by atoms with Gasteiger partial charge in [0.25, 0.3) is 0 Å². The quantitative estimate of drug-likeness (QED) is 0.474. The minimum Gasteiger partial charge on any atom is -0.478 e. The molecule has 2 N–H and O–H groups in total. The molecule has 0 aromatic heterocycles. The lowest BCUT2D eigenvalue weighted by Gasteiger charge is -2.25. The van der Waals surface area contributed by atoms with Crippen molar-refractivity contribution in [1.82, 2.24) is 0 Å². The highest BCUT2D eigenvalue weighted by Gasteiger charge is 2.28. The fraction of sp³-hybridized carbons (Fsp3) is 0.176. The lowest BCUT2D eigenvalue weighted by Crippen LogP contribution is -2.17. The molecule has 2 rings (SSSR count). The van der Waals surface area contributed by atoms with Crippen molar-refractivity contribution in [1.29, 1.82) is 0 Å². The van der Waals surface area contributed by atoms with Gasteiger partial charge < -0.3 is 10.2 Å². The first-order valence-corrected chi connectivity index (χ1v) is 7.81. The Morgan fingerprint density at radius 3 is 2.00 bits per heavy atom. The predicted molar refractivity (Wildman–Crippen MR) is 94.8 cm³/mol. The van der Waals surface area contributed by atoms with Crippen molar-refractivity contribution in [3.63, 3.8) is 0 Å². The van der Waals surface area contributed by atoms with Gasteiger partial charge in [-0.25, -0.2) is 9.59 Å². The van der Waals surface area contributed by atoms with E-state index in [4.69, 9.17) is 0 Å². The first kappa shape index (κ1) is 17.4. The SMILES string of the molecule is O=C(O)c1ccccc1CCC(S)(S)c1ccccc1C(=O)O. The van der Waals surface area contributed by atoms with Crippen molar-refractivity contribution in [2.45, 2.75) is 16.9 Å². The van der Waals surface area contributed by atoms with E-state index in [1.807, 2.05) is 0 Å². The van der Waals surface area contributed by atoms with Crippen LogP contribution in [0, 0.1) is 0 Å². The molecule has 0 fully saturated rings. The molecule has 0 atom stereocenters. The van der Waals surface area contributed by atoms with Gasteiger partial charge in [-0.05, 0) is 36.1 Å². The van der Waals surface area contributed by atoms with E-state index in [-0.39, 0.29) is 11.1 Å². The third-order valence-electron chi connectivity index (χ3n) is 3.58. The highest BCUT2D eigenvalue weighted by molar-refractivity contribution is 7.99. The minimum absolute atomic E-state index is 0.143. The van der Waals surface area contributed by atoms with Crippen LogP contribution >= 0.6 is 25.3 Å². The van der Waals surface area contributed by atoms with Crippen LogP contribution in [0.5, 0.6) is 0 Å². The molecule has 0 radical (unpaired) electrons. The lowest BCUT2D eigenvalue weighted by molar-refractivity contribution is 0.0685. The molecule has 0 aliphatic carbocycles. The van der Waals surface area contributed by atoms with E-state index in [1.54, 1.807) is 42.5 Å². The van der Waals surface area contributed by atoms with Gasteiger partial charge in [-0.1, -0.05) is 36.4 Å². The lowest BCUT2D eigenvalue weighted by atomic mass is 9.96. The van der Waals surface area contributed by atoms with Crippen LogP contribution in [-0.2, 0) is 10.5 Å². The van der Waals surface area contributed by atoms with Gasteiger partial charge in [0, 0.05) is 0 Å². The molecule has 0 saturated carbocycles. The van der Waals surface area contributed by atoms with E-state index < -0.39 is 16.0 Å². The highest BCUT2D eigenvalue weighted by Crippen LogP contribution is 2.39. The molecule has 2 aromatic carbocycles. The number of carboxylic acids is 2. The number of benzene rings is 2. The molecule has 0 aliphatic rings. The number of rotatable bonds is 6. The topological polar surface area (TPSA) is 74.6 Å². The number of carbonyl (C=O) groups is 2. The van der Waals surface area contributed by atoms with Crippen LogP contribution < -0.4 is 0 Å². The average Bonchev–Trinajstić information content (AvgIpc) is 2.53. The normalized spacial score (nSPS) is 11.2. The van der Waals surface area contributed by atoms with E-state index >= 15 is 0 Å². The molecule has 0 spiro atoms. The number of carboxylic acid groups (broad SMARTS) is 2. The Balaban J connectivity index is 2.27. The molecule has 0 heterocycles. The Labute approximate surface area is 145 Å². The fourth-order valence-electron chi connectivity index (χ4n) is 2.41. The molecule has 2 aromatic rings. The van der Waals surface area contributed by atoms with Crippen molar-refractivity contribution in [2.75, 3.05) is 0 Å². The molecule has 0 unspecified atom stereocenters. The van der Waals surface area contributed by atoms with E-state index in [0.29, 0.717) is 24.0 Å². The smallest absolute Gasteiger partial charge is 0.336 e. The Morgan fingerprint density at radius 2 is 1.39 bits per heavy atom. The van der Waals surface area contributed by atoms with Gasteiger partial charge in [0.15, 0.2) is 0 Å². The fourth-order valence-corrected chi connectivity index (χ4v) is 3.02. The predicted octanol–water partition coefficient (Wildman–Crippen LogP) is 3.73. The highest BCUT2D eigenvalue weighted by atomic mass is 32.2. The summed E-state index contributed by atoms with van der Waals surface area (Å²) in [5.41, 5.74) is 1.53. The molecule has 4 nitrogen and oxygen atoms in total. The van der Waals surface area contributed by atoms with Gasteiger partial charge in [-0.2, -0.15) is 25.3 Å². The molecule has 0 amide bonds. The van der Waals surface area contributed by atoms with Crippen LogP contribution in [0.1, 0.15) is 38.3 Å². The average molecular weight is 348 g/mol. The number of aryl methyl sites for hydroxylation is 1. The van der Waals surface area contributed by atoms with Crippen LogP contribution in [-0.4, -0.2) is 22.2 Å². The maximum absolute atomic E-state index is 11.3. The van der Waals surface area contributed by atoms with Gasteiger partial charge in [0.2, 0.25) is 0 Å². The number of thiol groups is 2. The summed E-state index contributed by atoms with van der Waals surface area (Å²) in [6.07, 6.45) is 0.803. The van der Waals surface area contributed by atoms with E-state index in [2.05, 4.69) is 25.3 Å². The number of hydrogen-bond acceptors (Lipinski definition) is 4. The minimum atomic E-state index is -1.04. The van der Waals surface area contributed by atoms with E-state index in [1.165, 1.54) is 6.07 Å². The molecular formula is C17H16O4S2. The maximum atomic E-state index is 11.3.